The molecule has 1 aromatic carbocycles. The summed E-state index contributed by atoms with van der Waals surface area (Å²) in [4.78, 5) is 25.7. The topological polar surface area (TPSA) is 116 Å². The molecule has 21 heavy (non-hydrogen) atoms. The Balaban J connectivity index is 2.21. The first-order valence-corrected chi connectivity index (χ1v) is 6.28. The summed E-state index contributed by atoms with van der Waals surface area (Å²) in [5.41, 5.74) is 5.59. The predicted octanol–water partition coefficient (Wildman–Crippen LogP) is 1.39. The largest absolute Gasteiger partial charge is 0.375 e. The SMILES string of the molecule is CC(Cn1ccnc1)Nc1cc(C(N)=O)ccc1[N+](=O)[O-]. The van der Waals surface area contributed by atoms with Crippen molar-refractivity contribution >= 4 is 17.3 Å². The van der Waals surface area contributed by atoms with Crippen molar-refractivity contribution in [3.05, 3.63) is 52.6 Å². The Labute approximate surface area is 120 Å². The molecule has 1 atom stereocenters. The fourth-order valence-corrected chi connectivity index (χ4v) is 1.99. The van der Waals surface area contributed by atoms with Crippen molar-refractivity contribution in [1.29, 1.82) is 0 Å². The second-order valence-electron chi connectivity index (χ2n) is 4.66. The highest BCUT2D eigenvalue weighted by Gasteiger charge is 2.17. The number of primary amides is 1. The fourth-order valence-electron chi connectivity index (χ4n) is 1.99. The van der Waals surface area contributed by atoms with Gasteiger partial charge in [0, 0.05) is 36.6 Å². The number of hydrogen-bond acceptors (Lipinski definition) is 5. The molecule has 1 amide bonds. The van der Waals surface area contributed by atoms with Crippen LogP contribution in [0, 0.1) is 10.1 Å². The van der Waals surface area contributed by atoms with Gasteiger partial charge >= 0.3 is 0 Å². The van der Waals surface area contributed by atoms with Gasteiger partial charge in [-0.1, -0.05) is 0 Å². The molecule has 0 radical (unpaired) electrons. The standard InChI is InChI=1S/C13H15N5O3/c1-9(7-17-5-4-15-8-17)16-11-6-10(13(14)19)2-3-12(11)18(20)21/h2-6,8-9,16H,7H2,1H3,(H2,14,19). The summed E-state index contributed by atoms with van der Waals surface area (Å²) in [6, 6.07) is 3.91. The number of aromatic nitrogens is 2. The van der Waals surface area contributed by atoms with E-state index in [0.29, 0.717) is 6.54 Å². The zero-order valence-corrected chi connectivity index (χ0v) is 11.4. The van der Waals surface area contributed by atoms with Crippen LogP contribution in [-0.4, -0.2) is 26.4 Å². The number of anilines is 1. The zero-order valence-electron chi connectivity index (χ0n) is 11.4. The molecule has 0 bridgehead atoms. The molecule has 0 fully saturated rings. The second kappa shape index (κ2) is 6.04. The first-order valence-electron chi connectivity index (χ1n) is 6.28. The smallest absolute Gasteiger partial charge is 0.292 e. The van der Waals surface area contributed by atoms with E-state index in [1.54, 1.807) is 18.7 Å². The average molecular weight is 289 g/mol. The van der Waals surface area contributed by atoms with E-state index < -0.39 is 10.8 Å². The molecule has 8 heteroatoms. The number of nitrogens with two attached hydrogens (primary N) is 1. The number of nitrogens with zero attached hydrogens (tertiary/aromatic N) is 3. The summed E-state index contributed by atoms with van der Waals surface area (Å²) in [7, 11) is 0. The molecule has 2 aromatic rings. The van der Waals surface area contributed by atoms with E-state index in [2.05, 4.69) is 10.3 Å². The normalized spacial score (nSPS) is 11.9. The molecule has 110 valence electrons. The number of hydrogen-bond donors (Lipinski definition) is 2. The van der Waals surface area contributed by atoms with Gasteiger partial charge in [-0.3, -0.25) is 14.9 Å². The second-order valence-corrected chi connectivity index (χ2v) is 4.66. The van der Waals surface area contributed by atoms with Gasteiger partial charge in [0.05, 0.1) is 11.3 Å². The quantitative estimate of drug-likeness (QED) is 0.615. The van der Waals surface area contributed by atoms with Crippen molar-refractivity contribution in [2.24, 2.45) is 5.73 Å². The van der Waals surface area contributed by atoms with Gasteiger partial charge in [-0.05, 0) is 19.1 Å². The summed E-state index contributed by atoms with van der Waals surface area (Å²) in [5.74, 6) is -0.629. The van der Waals surface area contributed by atoms with Crippen molar-refractivity contribution in [2.45, 2.75) is 19.5 Å². The lowest BCUT2D eigenvalue weighted by atomic mass is 10.1. The van der Waals surface area contributed by atoms with Gasteiger partial charge in [0.2, 0.25) is 5.91 Å². The van der Waals surface area contributed by atoms with E-state index >= 15 is 0 Å². The van der Waals surface area contributed by atoms with Crippen LogP contribution < -0.4 is 11.1 Å². The lowest BCUT2D eigenvalue weighted by Crippen LogP contribution is -2.22. The van der Waals surface area contributed by atoms with Crippen molar-refractivity contribution in [3.8, 4) is 0 Å². The summed E-state index contributed by atoms with van der Waals surface area (Å²) in [6.07, 6.45) is 5.11. The van der Waals surface area contributed by atoms with E-state index in [0.717, 1.165) is 0 Å². The van der Waals surface area contributed by atoms with Crippen LogP contribution in [0.5, 0.6) is 0 Å². The molecule has 0 saturated heterocycles. The van der Waals surface area contributed by atoms with Crippen LogP contribution in [0.1, 0.15) is 17.3 Å². The fraction of sp³-hybridized carbons (Fsp3) is 0.231. The number of amides is 1. The number of nitrogens with one attached hydrogen (secondary N) is 1. The van der Waals surface area contributed by atoms with Gasteiger partial charge in [-0.25, -0.2) is 4.98 Å². The van der Waals surface area contributed by atoms with Crippen LogP contribution in [0.3, 0.4) is 0 Å². The third-order valence-electron chi connectivity index (χ3n) is 2.92. The first-order chi connectivity index (χ1) is 9.97. The van der Waals surface area contributed by atoms with Gasteiger partial charge in [-0.2, -0.15) is 0 Å². The van der Waals surface area contributed by atoms with Crippen molar-refractivity contribution in [2.75, 3.05) is 5.32 Å². The molecule has 1 unspecified atom stereocenters. The zero-order chi connectivity index (χ0) is 15.4. The van der Waals surface area contributed by atoms with Crippen LogP contribution in [0.4, 0.5) is 11.4 Å². The van der Waals surface area contributed by atoms with Gasteiger partial charge in [0.1, 0.15) is 5.69 Å². The van der Waals surface area contributed by atoms with Crippen LogP contribution in [-0.2, 0) is 6.54 Å². The molecule has 0 spiro atoms. The molecule has 3 N–H and O–H groups in total. The van der Waals surface area contributed by atoms with E-state index in [9.17, 15) is 14.9 Å². The molecule has 1 aromatic heterocycles. The molecule has 1 heterocycles. The highest BCUT2D eigenvalue weighted by molar-refractivity contribution is 5.94. The minimum Gasteiger partial charge on any atom is -0.375 e. The molecular weight excluding hydrogens is 274 g/mol. The summed E-state index contributed by atoms with van der Waals surface area (Å²) in [5, 5.41) is 14.1. The van der Waals surface area contributed by atoms with Crippen molar-refractivity contribution in [1.82, 2.24) is 9.55 Å². The van der Waals surface area contributed by atoms with E-state index in [4.69, 9.17) is 5.73 Å². The highest BCUT2D eigenvalue weighted by Crippen LogP contribution is 2.26. The number of benzene rings is 1. The number of imidazole rings is 1. The Bertz CT molecular complexity index is 654. The number of carbonyl (C=O) groups is 1. The molecule has 0 aliphatic carbocycles. The maximum atomic E-state index is 11.2. The average Bonchev–Trinajstić information content (AvgIpc) is 2.90. The molecule has 0 saturated carbocycles. The Morgan fingerprint density at radius 1 is 1.57 bits per heavy atom. The molecule has 8 nitrogen and oxygen atoms in total. The van der Waals surface area contributed by atoms with Crippen LogP contribution in [0.15, 0.2) is 36.9 Å². The van der Waals surface area contributed by atoms with Crippen LogP contribution in [0.2, 0.25) is 0 Å². The van der Waals surface area contributed by atoms with E-state index in [1.165, 1.54) is 18.2 Å². The highest BCUT2D eigenvalue weighted by atomic mass is 16.6. The molecule has 0 aliphatic rings. The van der Waals surface area contributed by atoms with Crippen molar-refractivity contribution < 1.29 is 9.72 Å². The van der Waals surface area contributed by atoms with Gasteiger partial charge in [0.15, 0.2) is 0 Å². The Morgan fingerprint density at radius 2 is 2.33 bits per heavy atom. The molecule has 2 rings (SSSR count). The number of nitro benzene ring substituents is 1. The monoisotopic (exact) mass is 289 g/mol. The Hall–Kier alpha value is -2.90. The molecule has 0 aliphatic heterocycles. The Kier molecular flexibility index (Phi) is 4.17. The van der Waals surface area contributed by atoms with Crippen LogP contribution >= 0.6 is 0 Å². The van der Waals surface area contributed by atoms with Crippen molar-refractivity contribution in [3.63, 3.8) is 0 Å². The van der Waals surface area contributed by atoms with Crippen LogP contribution in [0.25, 0.3) is 0 Å². The first kappa shape index (κ1) is 14.5. The summed E-state index contributed by atoms with van der Waals surface area (Å²) >= 11 is 0. The summed E-state index contributed by atoms with van der Waals surface area (Å²) < 4.78 is 1.85. The Morgan fingerprint density at radius 3 is 2.90 bits per heavy atom. The maximum absolute atomic E-state index is 11.2. The number of carbonyl (C=O) groups excluding carboxylic acids is 1. The molecular formula is C13H15N5O3. The summed E-state index contributed by atoms with van der Waals surface area (Å²) in [6.45, 7) is 2.46. The maximum Gasteiger partial charge on any atom is 0.292 e. The van der Waals surface area contributed by atoms with Gasteiger partial charge < -0.3 is 15.6 Å². The lowest BCUT2D eigenvalue weighted by molar-refractivity contribution is -0.384. The third-order valence-corrected chi connectivity index (χ3v) is 2.92. The third kappa shape index (κ3) is 3.56. The minimum absolute atomic E-state index is 0.0963. The lowest BCUT2D eigenvalue weighted by Gasteiger charge is -2.16. The predicted molar refractivity (Wildman–Crippen MR) is 76.9 cm³/mol. The minimum atomic E-state index is -0.629. The van der Waals surface area contributed by atoms with Gasteiger partial charge in [-0.15, -0.1) is 0 Å². The van der Waals surface area contributed by atoms with E-state index in [1.807, 2.05) is 11.5 Å². The number of rotatable bonds is 6. The van der Waals surface area contributed by atoms with E-state index in [-0.39, 0.29) is 23.0 Å². The van der Waals surface area contributed by atoms with Gasteiger partial charge in [0.25, 0.3) is 5.69 Å². The number of nitro groups is 1.